The Morgan fingerprint density at radius 1 is 1.28 bits per heavy atom. The van der Waals surface area contributed by atoms with Crippen LogP contribution in [-0.4, -0.2) is 32.9 Å². The Morgan fingerprint density at radius 3 is 2.56 bits per heavy atom. The molecule has 3 rings (SSSR count). The summed E-state index contributed by atoms with van der Waals surface area (Å²) in [5.74, 6) is 0.871. The summed E-state index contributed by atoms with van der Waals surface area (Å²) in [6, 6.07) is 11.1. The Hall–Kier alpha value is -1.41. The van der Waals surface area contributed by atoms with E-state index in [4.69, 9.17) is 4.74 Å². The maximum absolute atomic E-state index is 12.3. The molecule has 1 aromatic carbocycles. The zero-order valence-electron chi connectivity index (χ0n) is 14.1. The lowest BCUT2D eigenvalue weighted by atomic mass is 9.96. The molecule has 1 saturated carbocycles. The van der Waals surface area contributed by atoms with Gasteiger partial charge in [-0.2, -0.15) is 0 Å². The Bertz CT molecular complexity index is 783. The summed E-state index contributed by atoms with van der Waals surface area (Å²) in [6.07, 6.45) is 2.28. The zero-order chi connectivity index (χ0) is 17.9. The molecule has 1 aromatic heterocycles. The minimum Gasteiger partial charge on any atom is -0.497 e. The van der Waals surface area contributed by atoms with Gasteiger partial charge in [-0.15, -0.1) is 11.3 Å². The van der Waals surface area contributed by atoms with Gasteiger partial charge in [0.1, 0.15) is 11.4 Å². The van der Waals surface area contributed by atoms with Gasteiger partial charge in [-0.25, -0.2) is 13.1 Å². The maximum atomic E-state index is 12.3. The molecule has 5 nitrogen and oxygen atoms in total. The zero-order valence-corrected chi connectivity index (χ0v) is 15.8. The molecule has 1 fully saturated rings. The van der Waals surface area contributed by atoms with E-state index in [-0.39, 0.29) is 18.2 Å². The van der Waals surface area contributed by atoms with Crippen LogP contribution in [0.25, 0.3) is 0 Å². The number of nitrogens with one attached hydrogen (secondary N) is 1. The fourth-order valence-electron chi connectivity index (χ4n) is 2.85. The molecule has 25 heavy (non-hydrogen) atoms. The van der Waals surface area contributed by atoms with Gasteiger partial charge in [-0.3, -0.25) is 0 Å². The van der Waals surface area contributed by atoms with Crippen LogP contribution in [0.1, 0.15) is 23.3 Å². The molecule has 136 valence electrons. The molecular formula is C18H23NO4S2. The Kier molecular flexibility index (Phi) is 5.48. The van der Waals surface area contributed by atoms with Crippen LogP contribution in [0.15, 0.2) is 41.8 Å². The number of sulfonamides is 1. The molecule has 7 heteroatoms. The van der Waals surface area contributed by atoms with Gasteiger partial charge in [0, 0.05) is 11.4 Å². The predicted molar refractivity (Wildman–Crippen MR) is 99.4 cm³/mol. The van der Waals surface area contributed by atoms with Crippen molar-refractivity contribution in [3.8, 4) is 5.75 Å². The molecular weight excluding hydrogens is 358 g/mol. The second-order valence-corrected chi connectivity index (χ2v) is 9.29. The molecule has 2 aromatic rings. The summed E-state index contributed by atoms with van der Waals surface area (Å²) in [5, 5.41) is 12.9. The van der Waals surface area contributed by atoms with Crippen molar-refractivity contribution in [1.82, 2.24) is 4.72 Å². The summed E-state index contributed by atoms with van der Waals surface area (Å²) in [4.78, 5) is 0.827. The molecule has 1 aliphatic carbocycles. The highest BCUT2D eigenvalue weighted by Gasteiger charge is 2.46. The Balaban J connectivity index is 1.59. The number of hydrogen-bond acceptors (Lipinski definition) is 5. The molecule has 0 saturated heterocycles. The van der Waals surface area contributed by atoms with E-state index < -0.39 is 15.6 Å². The van der Waals surface area contributed by atoms with E-state index in [0.717, 1.165) is 29.0 Å². The van der Waals surface area contributed by atoms with Gasteiger partial charge in [0.2, 0.25) is 10.0 Å². The van der Waals surface area contributed by atoms with Crippen LogP contribution in [0.5, 0.6) is 5.75 Å². The van der Waals surface area contributed by atoms with E-state index in [9.17, 15) is 13.5 Å². The number of hydrogen-bond donors (Lipinski definition) is 2. The fourth-order valence-corrected chi connectivity index (χ4v) is 4.85. The third-order valence-electron chi connectivity index (χ3n) is 4.58. The molecule has 0 amide bonds. The monoisotopic (exact) mass is 381 g/mol. The van der Waals surface area contributed by atoms with E-state index in [0.29, 0.717) is 6.42 Å². The normalized spacial score (nSPS) is 17.2. The third-order valence-corrected chi connectivity index (χ3v) is 6.94. The fraction of sp³-hybridized carbons (Fsp3) is 0.444. The highest BCUT2D eigenvalue weighted by molar-refractivity contribution is 7.89. The van der Waals surface area contributed by atoms with Crippen molar-refractivity contribution < 1.29 is 18.3 Å². The number of aryl methyl sites for hydroxylation is 1. The second-order valence-electron chi connectivity index (χ2n) is 6.41. The van der Waals surface area contributed by atoms with Gasteiger partial charge >= 0.3 is 0 Å². The Labute approximate surface area is 152 Å². The van der Waals surface area contributed by atoms with Crippen LogP contribution in [0.3, 0.4) is 0 Å². The van der Waals surface area contributed by atoms with E-state index in [2.05, 4.69) is 4.72 Å². The highest BCUT2D eigenvalue weighted by Crippen LogP contribution is 2.46. The van der Waals surface area contributed by atoms with Gasteiger partial charge in [0.15, 0.2) is 0 Å². The van der Waals surface area contributed by atoms with Crippen molar-refractivity contribution in [2.45, 2.75) is 24.9 Å². The summed E-state index contributed by atoms with van der Waals surface area (Å²) >= 11 is 1.47. The number of rotatable bonds is 9. The van der Waals surface area contributed by atoms with Crippen LogP contribution >= 0.6 is 11.3 Å². The summed E-state index contributed by atoms with van der Waals surface area (Å²) < 4.78 is 32.4. The van der Waals surface area contributed by atoms with Crippen LogP contribution in [-0.2, 0) is 22.0 Å². The SMILES string of the molecule is COc1ccc(CCS(=O)(=O)NC[C@@](O)(c2cccs2)C2CC2)cc1. The summed E-state index contributed by atoms with van der Waals surface area (Å²) in [6.45, 7) is 0.0309. The molecule has 1 aliphatic rings. The largest absolute Gasteiger partial charge is 0.497 e. The van der Waals surface area contributed by atoms with Crippen LogP contribution in [0, 0.1) is 5.92 Å². The lowest BCUT2D eigenvalue weighted by Gasteiger charge is -2.27. The molecule has 0 spiro atoms. The van der Waals surface area contributed by atoms with E-state index in [1.54, 1.807) is 7.11 Å². The van der Waals surface area contributed by atoms with Crippen molar-refractivity contribution >= 4 is 21.4 Å². The molecule has 0 radical (unpaired) electrons. The molecule has 0 bridgehead atoms. The lowest BCUT2D eigenvalue weighted by Crippen LogP contribution is -2.42. The molecule has 2 N–H and O–H groups in total. The molecule has 1 atom stereocenters. The van der Waals surface area contributed by atoms with Crippen molar-refractivity contribution in [2.75, 3.05) is 19.4 Å². The van der Waals surface area contributed by atoms with Crippen LogP contribution in [0.2, 0.25) is 0 Å². The number of methoxy groups -OCH3 is 1. The molecule has 1 heterocycles. The van der Waals surface area contributed by atoms with Gasteiger partial charge in [-0.05, 0) is 54.3 Å². The first-order valence-electron chi connectivity index (χ1n) is 8.29. The quantitative estimate of drug-likeness (QED) is 0.700. The maximum Gasteiger partial charge on any atom is 0.212 e. The predicted octanol–water partition coefficient (Wildman–Crippen LogP) is 2.52. The van der Waals surface area contributed by atoms with Gasteiger partial charge < -0.3 is 9.84 Å². The average molecular weight is 382 g/mol. The van der Waals surface area contributed by atoms with Crippen molar-refractivity contribution in [3.05, 3.63) is 52.2 Å². The first-order chi connectivity index (χ1) is 11.9. The number of benzene rings is 1. The first kappa shape index (κ1) is 18.4. The summed E-state index contributed by atoms with van der Waals surface area (Å²) in [5.41, 5.74) is -0.164. The minimum atomic E-state index is -3.46. The first-order valence-corrected chi connectivity index (χ1v) is 10.8. The van der Waals surface area contributed by atoms with E-state index in [1.807, 2.05) is 41.8 Å². The third kappa shape index (κ3) is 4.61. The number of ether oxygens (including phenoxy) is 1. The van der Waals surface area contributed by atoms with Gasteiger partial charge in [0.25, 0.3) is 0 Å². The molecule has 0 unspecified atom stereocenters. The highest BCUT2D eigenvalue weighted by atomic mass is 32.2. The Morgan fingerprint density at radius 2 is 2.00 bits per heavy atom. The minimum absolute atomic E-state index is 0.00941. The van der Waals surface area contributed by atoms with Crippen molar-refractivity contribution in [1.29, 1.82) is 0 Å². The smallest absolute Gasteiger partial charge is 0.212 e. The average Bonchev–Trinajstić information content (AvgIpc) is 3.33. The van der Waals surface area contributed by atoms with Crippen molar-refractivity contribution in [2.24, 2.45) is 5.92 Å². The van der Waals surface area contributed by atoms with Crippen LogP contribution < -0.4 is 9.46 Å². The van der Waals surface area contributed by atoms with Crippen molar-refractivity contribution in [3.63, 3.8) is 0 Å². The topological polar surface area (TPSA) is 75.6 Å². The van der Waals surface area contributed by atoms with E-state index in [1.165, 1.54) is 11.3 Å². The summed E-state index contributed by atoms with van der Waals surface area (Å²) in [7, 11) is -1.87. The van der Waals surface area contributed by atoms with Gasteiger partial charge in [-0.1, -0.05) is 18.2 Å². The lowest BCUT2D eigenvalue weighted by molar-refractivity contribution is 0.0222. The van der Waals surface area contributed by atoms with Crippen LogP contribution in [0.4, 0.5) is 0 Å². The number of thiophene rings is 1. The molecule has 0 aliphatic heterocycles. The number of aliphatic hydroxyl groups is 1. The second kappa shape index (κ2) is 7.45. The standard InChI is InChI=1S/C18H23NO4S2/c1-23-16-8-4-14(5-9-16)10-12-25(21,22)19-13-18(20,15-6-7-15)17-3-2-11-24-17/h2-5,8-9,11,15,19-20H,6-7,10,12-13H2,1H3/t18-/m0/s1. The van der Waals surface area contributed by atoms with E-state index >= 15 is 0 Å². The van der Waals surface area contributed by atoms with Gasteiger partial charge in [0.05, 0.1) is 12.9 Å².